The Labute approximate surface area is 113 Å². The molecule has 96 valence electrons. The number of hydrogen-bond donors (Lipinski definition) is 1. The molecule has 2 rings (SSSR count). The van der Waals surface area contributed by atoms with E-state index in [1.807, 2.05) is 12.1 Å². The summed E-state index contributed by atoms with van der Waals surface area (Å²) in [5.74, 6) is 0. The summed E-state index contributed by atoms with van der Waals surface area (Å²) < 4.78 is 0. The van der Waals surface area contributed by atoms with Gasteiger partial charge in [-0.15, -0.1) is 0 Å². The number of benzene rings is 1. The zero-order chi connectivity index (χ0) is 13.0. The molecule has 1 aromatic carbocycles. The van der Waals surface area contributed by atoms with Gasteiger partial charge in [0.15, 0.2) is 0 Å². The highest BCUT2D eigenvalue weighted by Gasteiger charge is 2.26. The third kappa shape index (κ3) is 2.60. The molecule has 0 aliphatic heterocycles. The van der Waals surface area contributed by atoms with Crippen molar-refractivity contribution in [3.63, 3.8) is 0 Å². The van der Waals surface area contributed by atoms with Gasteiger partial charge < -0.3 is 10.0 Å². The van der Waals surface area contributed by atoms with E-state index in [1.165, 1.54) is 6.42 Å². The van der Waals surface area contributed by atoms with Gasteiger partial charge in [-0.05, 0) is 37.8 Å². The molecule has 1 saturated carbocycles. The minimum atomic E-state index is 0.172. The summed E-state index contributed by atoms with van der Waals surface area (Å²) in [4.78, 5) is 2.23. The third-order valence-corrected chi connectivity index (χ3v) is 3.80. The van der Waals surface area contributed by atoms with E-state index in [1.54, 1.807) is 6.07 Å². The SMILES string of the molecule is N#Cc1c(Cl)cccc1N(CCCO)C1CCC1. The first-order valence-corrected chi connectivity index (χ1v) is 6.72. The number of aliphatic hydroxyl groups is 1. The van der Waals surface area contributed by atoms with Crippen molar-refractivity contribution >= 4 is 17.3 Å². The van der Waals surface area contributed by atoms with Crippen molar-refractivity contribution in [1.29, 1.82) is 5.26 Å². The predicted molar refractivity (Wildman–Crippen MR) is 72.9 cm³/mol. The summed E-state index contributed by atoms with van der Waals surface area (Å²) in [6.45, 7) is 0.946. The van der Waals surface area contributed by atoms with Crippen LogP contribution in [0.15, 0.2) is 18.2 Å². The maximum Gasteiger partial charge on any atom is 0.103 e. The molecule has 1 N–H and O–H groups in total. The van der Waals surface area contributed by atoms with Gasteiger partial charge in [0.25, 0.3) is 0 Å². The van der Waals surface area contributed by atoms with Crippen molar-refractivity contribution in [1.82, 2.24) is 0 Å². The lowest BCUT2D eigenvalue weighted by molar-refractivity contribution is 0.283. The van der Waals surface area contributed by atoms with Crippen LogP contribution in [-0.2, 0) is 0 Å². The van der Waals surface area contributed by atoms with E-state index in [0.29, 0.717) is 23.0 Å². The normalized spacial score (nSPS) is 14.9. The standard InChI is InChI=1S/C14H17ClN2O/c15-13-6-2-7-14(12(13)10-16)17(8-3-9-18)11-4-1-5-11/h2,6-7,11,18H,1,3-5,8-9H2. The number of nitriles is 1. The van der Waals surface area contributed by atoms with Crippen LogP contribution in [0, 0.1) is 11.3 Å². The van der Waals surface area contributed by atoms with Crippen molar-refractivity contribution in [2.75, 3.05) is 18.1 Å². The van der Waals surface area contributed by atoms with Gasteiger partial charge in [-0.3, -0.25) is 0 Å². The summed E-state index contributed by atoms with van der Waals surface area (Å²) >= 11 is 6.07. The lowest BCUT2D eigenvalue weighted by Crippen LogP contribution is -2.41. The minimum Gasteiger partial charge on any atom is -0.396 e. The van der Waals surface area contributed by atoms with Gasteiger partial charge in [0.1, 0.15) is 6.07 Å². The average molecular weight is 265 g/mol. The highest BCUT2D eigenvalue weighted by molar-refractivity contribution is 6.32. The van der Waals surface area contributed by atoms with Gasteiger partial charge in [0.05, 0.1) is 16.3 Å². The molecular formula is C14H17ClN2O. The monoisotopic (exact) mass is 264 g/mol. The first-order valence-electron chi connectivity index (χ1n) is 6.34. The lowest BCUT2D eigenvalue weighted by Gasteiger charge is -2.39. The molecule has 3 nitrogen and oxygen atoms in total. The van der Waals surface area contributed by atoms with Crippen LogP contribution in [-0.4, -0.2) is 24.3 Å². The first kappa shape index (κ1) is 13.2. The molecule has 0 saturated heterocycles. The number of aliphatic hydroxyl groups excluding tert-OH is 1. The third-order valence-electron chi connectivity index (χ3n) is 3.49. The highest BCUT2D eigenvalue weighted by Crippen LogP contribution is 2.34. The van der Waals surface area contributed by atoms with E-state index in [9.17, 15) is 5.26 Å². The summed E-state index contributed by atoms with van der Waals surface area (Å²) in [5.41, 5.74) is 1.45. The Morgan fingerprint density at radius 2 is 2.22 bits per heavy atom. The van der Waals surface area contributed by atoms with Gasteiger partial charge >= 0.3 is 0 Å². The zero-order valence-corrected chi connectivity index (χ0v) is 11.0. The van der Waals surface area contributed by atoms with Crippen LogP contribution in [0.1, 0.15) is 31.2 Å². The van der Waals surface area contributed by atoms with Crippen LogP contribution in [0.25, 0.3) is 0 Å². The van der Waals surface area contributed by atoms with Crippen LogP contribution in [0.4, 0.5) is 5.69 Å². The van der Waals surface area contributed by atoms with Gasteiger partial charge in [0.2, 0.25) is 0 Å². The highest BCUT2D eigenvalue weighted by atomic mass is 35.5. The summed E-state index contributed by atoms with van der Waals surface area (Å²) in [5, 5.41) is 18.7. The number of anilines is 1. The Hall–Kier alpha value is -1.24. The Balaban J connectivity index is 2.29. The number of rotatable bonds is 5. The Morgan fingerprint density at radius 1 is 1.44 bits per heavy atom. The van der Waals surface area contributed by atoms with Gasteiger partial charge in [0, 0.05) is 19.2 Å². The quantitative estimate of drug-likeness (QED) is 0.889. The van der Waals surface area contributed by atoms with Crippen molar-refractivity contribution < 1.29 is 5.11 Å². The number of nitrogens with zero attached hydrogens (tertiary/aromatic N) is 2. The number of hydrogen-bond acceptors (Lipinski definition) is 3. The van der Waals surface area contributed by atoms with Crippen molar-refractivity contribution in [2.24, 2.45) is 0 Å². The molecule has 1 aromatic rings. The maximum atomic E-state index is 9.24. The van der Waals surface area contributed by atoms with Crippen LogP contribution in [0.3, 0.4) is 0 Å². The molecule has 1 aliphatic rings. The molecule has 0 aromatic heterocycles. The van der Waals surface area contributed by atoms with E-state index < -0.39 is 0 Å². The molecule has 0 radical (unpaired) electrons. The molecule has 0 bridgehead atoms. The fourth-order valence-electron chi connectivity index (χ4n) is 2.30. The minimum absolute atomic E-state index is 0.172. The second-order valence-electron chi connectivity index (χ2n) is 4.60. The van der Waals surface area contributed by atoms with Crippen molar-refractivity contribution in [3.05, 3.63) is 28.8 Å². The maximum absolute atomic E-state index is 9.24. The van der Waals surface area contributed by atoms with E-state index in [4.69, 9.17) is 16.7 Å². The molecular weight excluding hydrogens is 248 g/mol. The van der Waals surface area contributed by atoms with Crippen LogP contribution >= 0.6 is 11.6 Å². The van der Waals surface area contributed by atoms with Gasteiger partial charge in [-0.2, -0.15) is 5.26 Å². The van der Waals surface area contributed by atoms with E-state index in [0.717, 1.165) is 25.1 Å². The summed E-state index contributed by atoms with van der Waals surface area (Å²) in [6, 6.07) is 8.24. The second-order valence-corrected chi connectivity index (χ2v) is 5.01. The van der Waals surface area contributed by atoms with Gasteiger partial charge in [-0.25, -0.2) is 0 Å². The fraction of sp³-hybridized carbons (Fsp3) is 0.500. The van der Waals surface area contributed by atoms with Crippen LogP contribution < -0.4 is 4.90 Å². The van der Waals surface area contributed by atoms with Crippen LogP contribution in [0.2, 0.25) is 5.02 Å². The molecule has 0 atom stereocenters. The summed E-state index contributed by atoms with van der Waals surface area (Å²) in [7, 11) is 0. The van der Waals surface area contributed by atoms with Crippen molar-refractivity contribution in [3.8, 4) is 6.07 Å². The lowest BCUT2D eigenvalue weighted by atomic mass is 9.90. The fourth-order valence-corrected chi connectivity index (χ4v) is 2.51. The Kier molecular flexibility index (Phi) is 4.46. The summed E-state index contributed by atoms with van der Waals surface area (Å²) in [6.07, 6.45) is 4.27. The molecule has 0 amide bonds. The Morgan fingerprint density at radius 3 is 2.78 bits per heavy atom. The molecule has 0 unspecified atom stereocenters. The van der Waals surface area contributed by atoms with E-state index in [-0.39, 0.29) is 6.61 Å². The molecule has 4 heteroatoms. The van der Waals surface area contributed by atoms with Gasteiger partial charge in [-0.1, -0.05) is 17.7 Å². The number of halogens is 1. The molecule has 1 aliphatic carbocycles. The first-order chi connectivity index (χ1) is 8.77. The molecule has 1 fully saturated rings. The van der Waals surface area contributed by atoms with E-state index >= 15 is 0 Å². The molecule has 18 heavy (non-hydrogen) atoms. The van der Waals surface area contributed by atoms with Crippen molar-refractivity contribution in [2.45, 2.75) is 31.7 Å². The largest absolute Gasteiger partial charge is 0.396 e. The molecule has 0 heterocycles. The predicted octanol–water partition coefficient (Wildman–Crippen LogP) is 2.95. The second kappa shape index (κ2) is 6.08. The molecule has 0 spiro atoms. The topological polar surface area (TPSA) is 47.3 Å². The Bertz CT molecular complexity index is 452. The van der Waals surface area contributed by atoms with E-state index in [2.05, 4.69) is 11.0 Å². The average Bonchev–Trinajstić information content (AvgIpc) is 2.31. The van der Waals surface area contributed by atoms with Crippen LogP contribution in [0.5, 0.6) is 0 Å². The smallest absolute Gasteiger partial charge is 0.103 e. The zero-order valence-electron chi connectivity index (χ0n) is 10.3.